The topological polar surface area (TPSA) is 3.24 Å². The molecule has 2 unspecified atom stereocenters. The van der Waals surface area contributed by atoms with Gasteiger partial charge in [-0.3, -0.25) is 0 Å². The molecule has 1 aliphatic heterocycles. The minimum absolute atomic E-state index is 0.338. The van der Waals surface area contributed by atoms with Crippen molar-refractivity contribution in [2.45, 2.75) is 38.0 Å². The molecule has 0 amide bonds. The maximum atomic E-state index is 4.19. The highest BCUT2D eigenvalue weighted by Gasteiger charge is 2.31. The Kier molecular flexibility index (Phi) is 4.06. The van der Waals surface area contributed by atoms with E-state index in [1.54, 1.807) is 0 Å². The largest absolute Gasteiger partial charge is 0.364 e. The number of hydrogen-bond donors (Lipinski definition) is 0. The average Bonchev–Trinajstić information content (AvgIpc) is 2.36. The number of allylic oxidation sites excluding steroid dienone is 2. The summed E-state index contributed by atoms with van der Waals surface area (Å²) >= 11 is 1.94. The highest BCUT2D eigenvalue weighted by atomic mass is 32.2. The van der Waals surface area contributed by atoms with Gasteiger partial charge in [-0.25, -0.2) is 0 Å². The zero-order valence-corrected chi connectivity index (χ0v) is 12.5. The first-order chi connectivity index (χ1) is 8.54. The minimum atomic E-state index is 0.338. The van der Waals surface area contributed by atoms with Crippen molar-refractivity contribution < 1.29 is 0 Å². The minimum Gasteiger partial charge on any atom is -0.364 e. The third-order valence-electron chi connectivity index (χ3n) is 3.82. The van der Waals surface area contributed by atoms with Gasteiger partial charge >= 0.3 is 0 Å². The lowest BCUT2D eigenvalue weighted by Crippen LogP contribution is -2.41. The second kappa shape index (κ2) is 5.40. The van der Waals surface area contributed by atoms with E-state index >= 15 is 0 Å². The Morgan fingerprint density at radius 1 is 1.39 bits per heavy atom. The van der Waals surface area contributed by atoms with E-state index in [-0.39, 0.29) is 0 Å². The first kappa shape index (κ1) is 13.5. The third kappa shape index (κ3) is 2.44. The molecule has 1 aliphatic carbocycles. The van der Waals surface area contributed by atoms with Crippen LogP contribution in [0.4, 0.5) is 0 Å². The van der Waals surface area contributed by atoms with Crippen LogP contribution in [0, 0.1) is 0 Å². The number of nitrogens with zero attached hydrogens (tertiary/aromatic N) is 1. The normalized spacial score (nSPS) is 27.2. The van der Waals surface area contributed by atoms with Crippen LogP contribution < -0.4 is 0 Å². The van der Waals surface area contributed by atoms with Crippen LogP contribution in [0.2, 0.25) is 0 Å². The third-order valence-corrected chi connectivity index (χ3v) is 4.75. The number of hydrogen-bond acceptors (Lipinski definition) is 2. The second-order valence-electron chi connectivity index (χ2n) is 5.29. The van der Waals surface area contributed by atoms with Crippen LogP contribution in [0.15, 0.2) is 47.7 Å². The van der Waals surface area contributed by atoms with Crippen molar-refractivity contribution in [3.05, 3.63) is 47.7 Å². The van der Waals surface area contributed by atoms with Crippen LogP contribution in [0.5, 0.6) is 0 Å². The van der Waals surface area contributed by atoms with Crippen LogP contribution in [-0.4, -0.2) is 29.0 Å². The zero-order chi connectivity index (χ0) is 13.3. The fourth-order valence-corrected chi connectivity index (χ4v) is 3.51. The van der Waals surface area contributed by atoms with Crippen LogP contribution in [0.1, 0.15) is 26.7 Å². The molecule has 0 spiro atoms. The van der Waals surface area contributed by atoms with Gasteiger partial charge in [0.05, 0.1) is 6.04 Å². The van der Waals surface area contributed by atoms with Crippen molar-refractivity contribution in [3.63, 3.8) is 0 Å². The van der Waals surface area contributed by atoms with Gasteiger partial charge in [0.1, 0.15) is 0 Å². The highest BCUT2D eigenvalue weighted by Crippen LogP contribution is 2.38. The summed E-state index contributed by atoms with van der Waals surface area (Å²) in [6, 6.07) is 0.338. The molecule has 2 atom stereocenters. The molecule has 2 heteroatoms. The quantitative estimate of drug-likeness (QED) is 0.702. The summed E-state index contributed by atoms with van der Waals surface area (Å²) in [5, 5.41) is 0.658. The van der Waals surface area contributed by atoms with Gasteiger partial charge in [-0.1, -0.05) is 30.9 Å². The average molecular weight is 261 g/mol. The first-order valence-electron chi connectivity index (χ1n) is 6.56. The molecule has 0 bridgehead atoms. The fraction of sp³-hybridized carbons (Fsp3) is 0.500. The molecule has 0 aromatic heterocycles. The van der Waals surface area contributed by atoms with E-state index in [9.17, 15) is 0 Å². The predicted octanol–water partition coefficient (Wildman–Crippen LogP) is 4.16. The summed E-state index contributed by atoms with van der Waals surface area (Å²) in [5.41, 5.74) is 5.38. The lowest BCUT2D eigenvalue weighted by molar-refractivity contribution is 0.294. The van der Waals surface area contributed by atoms with Gasteiger partial charge in [-0.15, -0.1) is 0 Å². The molecular formula is C16H23NS. The molecule has 2 rings (SSSR count). The lowest BCUT2D eigenvalue weighted by atomic mass is 9.83. The second-order valence-corrected chi connectivity index (χ2v) is 6.37. The summed E-state index contributed by atoms with van der Waals surface area (Å²) < 4.78 is 0. The molecule has 1 heterocycles. The SMILES string of the molecule is C=C(C)C1C2=CCC(SC)C=C2CCN1C(=C)C. The molecule has 1 saturated heterocycles. The van der Waals surface area contributed by atoms with E-state index in [2.05, 4.69) is 50.3 Å². The molecule has 1 fully saturated rings. The number of thioether (sulfide) groups is 1. The first-order valence-corrected chi connectivity index (χ1v) is 7.85. The standard InChI is InChI=1S/C16H23NS/c1-11(2)16-15-7-6-14(18-5)10-13(15)8-9-17(16)12(3)4/h7,10,14,16H,1,3,6,8-9H2,2,4-5H3. The summed E-state index contributed by atoms with van der Waals surface area (Å²) in [5.74, 6) is 0. The van der Waals surface area contributed by atoms with Gasteiger partial charge < -0.3 is 4.90 Å². The maximum Gasteiger partial charge on any atom is 0.0746 e. The summed E-state index contributed by atoms with van der Waals surface area (Å²) in [6.07, 6.45) is 9.36. The number of rotatable bonds is 3. The molecular weight excluding hydrogens is 238 g/mol. The van der Waals surface area contributed by atoms with E-state index in [1.165, 1.54) is 16.7 Å². The Morgan fingerprint density at radius 3 is 2.67 bits per heavy atom. The summed E-state index contributed by atoms with van der Waals surface area (Å²) in [4.78, 5) is 2.39. The number of piperidine rings is 1. The van der Waals surface area contributed by atoms with Crippen molar-refractivity contribution in [1.29, 1.82) is 0 Å². The van der Waals surface area contributed by atoms with Gasteiger partial charge in [0.2, 0.25) is 0 Å². The zero-order valence-electron chi connectivity index (χ0n) is 11.7. The highest BCUT2D eigenvalue weighted by molar-refractivity contribution is 7.99. The van der Waals surface area contributed by atoms with Gasteiger partial charge in [0, 0.05) is 17.5 Å². The molecule has 18 heavy (non-hydrogen) atoms. The Hall–Kier alpha value is -0.890. The van der Waals surface area contributed by atoms with E-state index in [0.717, 1.165) is 25.1 Å². The monoisotopic (exact) mass is 261 g/mol. The van der Waals surface area contributed by atoms with E-state index in [1.807, 2.05) is 11.8 Å². The van der Waals surface area contributed by atoms with Gasteiger partial charge in [0.15, 0.2) is 0 Å². The van der Waals surface area contributed by atoms with Crippen LogP contribution in [-0.2, 0) is 0 Å². The molecule has 1 nitrogen and oxygen atoms in total. The Bertz CT molecular complexity index is 430. The van der Waals surface area contributed by atoms with Crippen LogP contribution >= 0.6 is 11.8 Å². The van der Waals surface area contributed by atoms with Crippen molar-refractivity contribution in [2.24, 2.45) is 0 Å². The van der Waals surface area contributed by atoms with E-state index in [4.69, 9.17) is 0 Å². The fourth-order valence-electron chi connectivity index (χ4n) is 2.92. The summed E-state index contributed by atoms with van der Waals surface area (Å²) in [7, 11) is 0. The van der Waals surface area contributed by atoms with Crippen LogP contribution in [0.25, 0.3) is 0 Å². The van der Waals surface area contributed by atoms with Crippen molar-refractivity contribution >= 4 is 11.8 Å². The molecule has 0 N–H and O–H groups in total. The van der Waals surface area contributed by atoms with Crippen molar-refractivity contribution in [3.8, 4) is 0 Å². The van der Waals surface area contributed by atoms with Crippen molar-refractivity contribution in [2.75, 3.05) is 12.8 Å². The molecule has 0 aromatic rings. The Balaban J connectivity index is 2.32. The van der Waals surface area contributed by atoms with Gasteiger partial charge in [0.25, 0.3) is 0 Å². The Morgan fingerprint density at radius 2 is 2.11 bits per heavy atom. The Labute approximate surface area is 115 Å². The molecule has 0 aromatic carbocycles. The molecule has 2 aliphatic rings. The van der Waals surface area contributed by atoms with Gasteiger partial charge in [-0.2, -0.15) is 11.8 Å². The number of fused-ring (bicyclic) bond motifs is 1. The van der Waals surface area contributed by atoms with E-state index in [0.29, 0.717) is 11.3 Å². The number of likely N-dealkylation sites (tertiary alicyclic amines) is 1. The molecule has 98 valence electrons. The molecule has 0 saturated carbocycles. The van der Waals surface area contributed by atoms with Crippen molar-refractivity contribution in [1.82, 2.24) is 4.90 Å². The lowest BCUT2D eigenvalue weighted by Gasteiger charge is -2.42. The summed E-state index contributed by atoms with van der Waals surface area (Å²) in [6.45, 7) is 13.6. The van der Waals surface area contributed by atoms with E-state index < -0.39 is 0 Å². The predicted molar refractivity (Wildman–Crippen MR) is 82.8 cm³/mol. The smallest absolute Gasteiger partial charge is 0.0746 e. The maximum absolute atomic E-state index is 4.19. The molecule has 0 radical (unpaired) electrons. The van der Waals surface area contributed by atoms with Gasteiger partial charge in [-0.05, 0) is 44.1 Å². The van der Waals surface area contributed by atoms with Crippen LogP contribution in [0.3, 0.4) is 0 Å².